The van der Waals surface area contributed by atoms with Crippen LogP contribution in [-0.4, -0.2) is 42.8 Å². The van der Waals surface area contributed by atoms with Crippen molar-refractivity contribution < 1.29 is 0 Å². The molecule has 104 valence electrons. The first-order chi connectivity index (χ1) is 9.65. The monoisotopic (exact) mass is 274 g/mol. The molecule has 0 aromatic carbocycles. The molecule has 2 heterocycles. The molecule has 0 spiro atoms. The fraction of sp³-hybridized carbons (Fsp3) is 0.400. The molecule has 0 bridgehead atoms. The average molecular weight is 274 g/mol. The number of aromatic nitrogens is 6. The maximum absolute atomic E-state index is 8.75. The zero-order valence-corrected chi connectivity index (χ0v) is 11.1. The normalized spacial score (nSPS) is 11.7. The van der Waals surface area contributed by atoms with Gasteiger partial charge in [-0.15, -0.1) is 0 Å². The van der Waals surface area contributed by atoms with Crippen molar-refractivity contribution in [1.82, 2.24) is 29.7 Å². The number of nitrogens with one attached hydrogen (secondary N) is 1. The van der Waals surface area contributed by atoms with Crippen LogP contribution in [0, 0.1) is 11.3 Å². The van der Waals surface area contributed by atoms with Gasteiger partial charge in [-0.25, -0.2) is 10.8 Å². The SMILES string of the molecule is CC(CC#N)N(C)c1nc(NN)nc(-n2cncn2)n1. The number of nitrogen functional groups attached to an aromatic ring is 1. The van der Waals surface area contributed by atoms with Crippen LogP contribution in [-0.2, 0) is 0 Å². The largest absolute Gasteiger partial charge is 0.340 e. The molecule has 2 aromatic rings. The van der Waals surface area contributed by atoms with Crippen LogP contribution in [0.4, 0.5) is 11.9 Å². The molecule has 0 aliphatic heterocycles. The van der Waals surface area contributed by atoms with Gasteiger partial charge in [-0.3, -0.25) is 5.43 Å². The molecule has 0 radical (unpaired) electrons. The van der Waals surface area contributed by atoms with E-state index in [-0.39, 0.29) is 17.9 Å². The van der Waals surface area contributed by atoms with Crippen LogP contribution in [0.15, 0.2) is 12.7 Å². The molecular weight excluding hydrogens is 260 g/mol. The van der Waals surface area contributed by atoms with Crippen LogP contribution in [0.2, 0.25) is 0 Å². The van der Waals surface area contributed by atoms with Gasteiger partial charge in [-0.1, -0.05) is 0 Å². The van der Waals surface area contributed by atoms with Gasteiger partial charge in [0.25, 0.3) is 5.95 Å². The summed E-state index contributed by atoms with van der Waals surface area (Å²) >= 11 is 0. The number of nitrogens with two attached hydrogens (primary N) is 1. The van der Waals surface area contributed by atoms with E-state index >= 15 is 0 Å². The minimum Gasteiger partial charge on any atom is -0.340 e. The van der Waals surface area contributed by atoms with Crippen molar-refractivity contribution in [2.24, 2.45) is 5.84 Å². The zero-order chi connectivity index (χ0) is 14.5. The van der Waals surface area contributed by atoms with E-state index < -0.39 is 0 Å². The van der Waals surface area contributed by atoms with Crippen LogP contribution in [0.1, 0.15) is 13.3 Å². The second-order valence-corrected chi connectivity index (χ2v) is 4.07. The Balaban J connectivity index is 2.38. The number of rotatable bonds is 5. The first-order valence-corrected chi connectivity index (χ1v) is 5.83. The Labute approximate surface area is 115 Å². The van der Waals surface area contributed by atoms with E-state index in [1.165, 1.54) is 17.3 Å². The van der Waals surface area contributed by atoms with Crippen molar-refractivity contribution >= 4 is 11.9 Å². The number of hydrazine groups is 1. The Hall–Kier alpha value is -2.80. The topological polar surface area (TPSA) is 134 Å². The predicted molar refractivity (Wildman–Crippen MR) is 70.6 cm³/mol. The number of anilines is 2. The summed E-state index contributed by atoms with van der Waals surface area (Å²) in [5, 5.41) is 12.7. The minimum atomic E-state index is -0.0448. The molecule has 1 unspecified atom stereocenters. The van der Waals surface area contributed by atoms with Gasteiger partial charge in [0.1, 0.15) is 12.7 Å². The molecule has 0 aliphatic rings. The van der Waals surface area contributed by atoms with Crippen molar-refractivity contribution in [3.8, 4) is 12.0 Å². The van der Waals surface area contributed by atoms with Gasteiger partial charge in [-0.05, 0) is 6.92 Å². The van der Waals surface area contributed by atoms with E-state index in [2.05, 4.69) is 36.5 Å². The summed E-state index contributed by atoms with van der Waals surface area (Å²) in [7, 11) is 1.79. The fourth-order valence-corrected chi connectivity index (χ4v) is 1.46. The highest BCUT2D eigenvalue weighted by molar-refractivity contribution is 5.39. The summed E-state index contributed by atoms with van der Waals surface area (Å²) < 4.78 is 1.40. The fourth-order valence-electron chi connectivity index (χ4n) is 1.46. The maximum atomic E-state index is 8.75. The third-order valence-corrected chi connectivity index (χ3v) is 2.73. The second-order valence-electron chi connectivity index (χ2n) is 4.07. The van der Waals surface area contributed by atoms with E-state index in [1.54, 1.807) is 11.9 Å². The van der Waals surface area contributed by atoms with E-state index in [4.69, 9.17) is 11.1 Å². The molecule has 0 saturated carbocycles. The standard InChI is InChI=1S/C10H14N10/c1-7(3-4-11)19(2)9-15-8(18-12)16-10(17-9)20-6-13-5-14-20/h5-7H,3,12H2,1-2H3,(H,15,16,17,18). The summed E-state index contributed by atoms with van der Waals surface area (Å²) in [6, 6.07) is 2.06. The molecule has 1 atom stereocenters. The summed E-state index contributed by atoms with van der Waals surface area (Å²) in [5.41, 5.74) is 2.38. The van der Waals surface area contributed by atoms with Gasteiger partial charge in [0, 0.05) is 13.1 Å². The number of hydrogen-bond acceptors (Lipinski definition) is 9. The Morgan fingerprint density at radius 2 is 2.30 bits per heavy atom. The predicted octanol–water partition coefficient (Wildman–Crippen LogP) is -0.524. The Morgan fingerprint density at radius 1 is 1.50 bits per heavy atom. The lowest BCUT2D eigenvalue weighted by Crippen LogP contribution is -2.31. The van der Waals surface area contributed by atoms with E-state index in [0.717, 1.165) is 0 Å². The lowest BCUT2D eigenvalue weighted by molar-refractivity contribution is 0.674. The van der Waals surface area contributed by atoms with Gasteiger partial charge >= 0.3 is 0 Å². The van der Waals surface area contributed by atoms with Crippen LogP contribution in [0.5, 0.6) is 0 Å². The molecular formula is C10H14N10. The summed E-state index contributed by atoms with van der Waals surface area (Å²) in [6.07, 6.45) is 3.20. The second kappa shape index (κ2) is 5.89. The summed E-state index contributed by atoms with van der Waals surface area (Å²) in [6.45, 7) is 1.90. The van der Waals surface area contributed by atoms with Gasteiger partial charge in [0.15, 0.2) is 0 Å². The zero-order valence-electron chi connectivity index (χ0n) is 11.1. The Bertz CT molecular complexity index is 601. The molecule has 20 heavy (non-hydrogen) atoms. The van der Waals surface area contributed by atoms with Crippen molar-refractivity contribution in [2.75, 3.05) is 17.4 Å². The molecule has 3 N–H and O–H groups in total. The highest BCUT2D eigenvalue weighted by atomic mass is 15.4. The first-order valence-electron chi connectivity index (χ1n) is 5.83. The van der Waals surface area contributed by atoms with E-state index in [9.17, 15) is 0 Å². The van der Waals surface area contributed by atoms with Crippen LogP contribution >= 0.6 is 0 Å². The number of hydrogen-bond donors (Lipinski definition) is 2. The molecule has 0 aliphatic carbocycles. The Morgan fingerprint density at radius 3 is 2.90 bits per heavy atom. The Kier molecular flexibility index (Phi) is 4.02. The van der Waals surface area contributed by atoms with Crippen LogP contribution in [0.3, 0.4) is 0 Å². The third-order valence-electron chi connectivity index (χ3n) is 2.73. The van der Waals surface area contributed by atoms with Gasteiger partial charge < -0.3 is 4.90 Å². The van der Waals surface area contributed by atoms with Crippen molar-refractivity contribution in [3.63, 3.8) is 0 Å². The third kappa shape index (κ3) is 2.78. The lowest BCUT2D eigenvalue weighted by atomic mass is 10.2. The lowest BCUT2D eigenvalue weighted by Gasteiger charge is -2.23. The first kappa shape index (κ1) is 13.6. The molecule has 0 saturated heterocycles. The van der Waals surface area contributed by atoms with Gasteiger partial charge in [0.2, 0.25) is 11.9 Å². The van der Waals surface area contributed by atoms with Crippen LogP contribution < -0.4 is 16.2 Å². The molecule has 10 nitrogen and oxygen atoms in total. The molecule has 2 rings (SSSR count). The van der Waals surface area contributed by atoms with E-state index in [0.29, 0.717) is 12.4 Å². The molecule has 10 heteroatoms. The minimum absolute atomic E-state index is 0.0448. The smallest absolute Gasteiger partial charge is 0.258 e. The molecule has 0 amide bonds. The quantitative estimate of drug-likeness (QED) is 0.545. The van der Waals surface area contributed by atoms with Gasteiger partial charge in [-0.2, -0.15) is 30.0 Å². The number of nitriles is 1. The molecule has 0 fully saturated rings. The summed E-state index contributed by atoms with van der Waals surface area (Å²) in [5.74, 6) is 6.24. The van der Waals surface area contributed by atoms with E-state index in [1.807, 2.05) is 6.92 Å². The highest BCUT2D eigenvalue weighted by Crippen LogP contribution is 2.14. The molecule has 2 aromatic heterocycles. The average Bonchev–Trinajstić information content (AvgIpc) is 3.00. The number of nitrogens with zero attached hydrogens (tertiary/aromatic N) is 8. The van der Waals surface area contributed by atoms with Crippen molar-refractivity contribution in [3.05, 3.63) is 12.7 Å². The maximum Gasteiger partial charge on any atom is 0.258 e. The summed E-state index contributed by atoms with van der Waals surface area (Å²) in [4.78, 5) is 18.1. The van der Waals surface area contributed by atoms with Gasteiger partial charge in [0.05, 0.1) is 12.5 Å². The highest BCUT2D eigenvalue weighted by Gasteiger charge is 2.16. The van der Waals surface area contributed by atoms with Crippen molar-refractivity contribution in [1.29, 1.82) is 5.26 Å². The van der Waals surface area contributed by atoms with Crippen LogP contribution in [0.25, 0.3) is 5.95 Å². The van der Waals surface area contributed by atoms with Crippen molar-refractivity contribution in [2.45, 2.75) is 19.4 Å².